The van der Waals surface area contributed by atoms with Crippen LogP contribution in [0.4, 0.5) is 13.2 Å². The van der Waals surface area contributed by atoms with Gasteiger partial charge in [0.05, 0.1) is 5.56 Å². The molecule has 1 nitrogen and oxygen atoms in total. The molecule has 2 N–H and O–H groups in total. The molecule has 0 aliphatic carbocycles. The van der Waals surface area contributed by atoms with E-state index in [9.17, 15) is 13.2 Å². The van der Waals surface area contributed by atoms with Crippen molar-refractivity contribution in [1.29, 1.82) is 0 Å². The molecule has 1 aromatic rings. The number of rotatable bonds is 2. The molecule has 0 aliphatic heterocycles. The average molecular weight is 215 g/mol. The molecule has 0 aromatic heterocycles. The van der Waals surface area contributed by atoms with E-state index < -0.39 is 11.7 Å². The van der Waals surface area contributed by atoms with Gasteiger partial charge in [0.1, 0.15) is 0 Å². The molecule has 1 rings (SSSR count). The highest BCUT2D eigenvalue weighted by molar-refractivity contribution is 5.56. The van der Waals surface area contributed by atoms with Gasteiger partial charge >= 0.3 is 6.18 Å². The second kappa shape index (κ2) is 4.49. The van der Waals surface area contributed by atoms with Crippen LogP contribution < -0.4 is 5.73 Å². The Balaban J connectivity index is 3.17. The third kappa shape index (κ3) is 2.83. The third-order valence-electron chi connectivity index (χ3n) is 2.11. The molecule has 0 amide bonds. The number of alkyl halides is 3. The Morgan fingerprint density at radius 2 is 2.00 bits per heavy atom. The SMILES string of the molecule is Cc1c(C=CCN)cccc1C(F)(F)F. The van der Waals surface area contributed by atoms with Gasteiger partial charge in [0.15, 0.2) is 0 Å². The minimum Gasteiger partial charge on any atom is -0.327 e. The zero-order valence-corrected chi connectivity index (χ0v) is 8.31. The molecule has 0 atom stereocenters. The highest BCUT2D eigenvalue weighted by atomic mass is 19.4. The van der Waals surface area contributed by atoms with E-state index in [0.29, 0.717) is 12.1 Å². The Hall–Kier alpha value is -1.29. The van der Waals surface area contributed by atoms with Crippen LogP contribution in [0.5, 0.6) is 0 Å². The van der Waals surface area contributed by atoms with Crippen LogP contribution in [0.2, 0.25) is 0 Å². The fourth-order valence-corrected chi connectivity index (χ4v) is 1.34. The van der Waals surface area contributed by atoms with Gasteiger partial charge in [-0.2, -0.15) is 13.2 Å². The average Bonchev–Trinajstić information content (AvgIpc) is 2.14. The second-order valence-electron chi connectivity index (χ2n) is 3.16. The lowest BCUT2D eigenvalue weighted by molar-refractivity contribution is -0.138. The van der Waals surface area contributed by atoms with Crippen molar-refractivity contribution in [2.75, 3.05) is 6.54 Å². The van der Waals surface area contributed by atoms with E-state index in [1.165, 1.54) is 13.0 Å². The molecule has 0 bridgehead atoms. The monoisotopic (exact) mass is 215 g/mol. The van der Waals surface area contributed by atoms with Crippen LogP contribution in [0.1, 0.15) is 16.7 Å². The highest BCUT2D eigenvalue weighted by Gasteiger charge is 2.32. The van der Waals surface area contributed by atoms with E-state index in [1.807, 2.05) is 0 Å². The van der Waals surface area contributed by atoms with Crippen LogP contribution in [0.15, 0.2) is 24.3 Å². The molecule has 0 saturated heterocycles. The van der Waals surface area contributed by atoms with E-state index >= 15 is 0 Å². The molecule has 0 fully saturated rings. The molecule has 0 saturated carbocycles. The van der Waals surface area contributed by atoms with Crippen molar-refractivity contribution in [2.45, 2.75) is 13.1 Å². The molecular formula is C11H12F3N. The van der Waals surface area contributed by atoms with Crippen LogP contribution in [-0.4, -0.2) is 6.54 Å². The summed E-state index contributed by atoms with van der Waals surface area (Å²) >= 11 is 0. The molecule has 0 unspecified atom stereocenters. The molecule has 15 heavy (non-hydrogen) atoms. The summed E-state index contributed by atoms with van der Waals surface area (Å²) in [6.45, 7) is 1.77. The van der Waals surface area contributed by atoms with Crippen molar-refractivity contribution in [3.8, 4) is 0 Å². The summed E-state index contributed by atoms with van der Waals surface area (Å²) in [5.74, 6) is 0. The summed E-state index contributed by atoms with van der Waals surface area (Å²) < 4.78 is 37.5. The quantitative estimate of drug-likeness (QED) is 0.806. The van der Waals surface area contributed by atoms with Crippen LogP contribution in [0.3, 0.4) is 0 Å². The molecule has 0 radical (unpaired) electrons. The van der Waals surface area contributed by atoms with Crippen molar-refractivity contribution >= 4 is 6.08 Å². The summed E-state index contributed by atoms with van der Waals surface area (Å²) in [5.41, 5.74) is 5.43. The van der Waals surface area contributed by atoms with Gasteiger partial charge in [-0.25, -0.2) is 0 Å². The Bertz CT molecular complexity index is 367. The van der Waals surface area contributed by atoms with Gasteiger partial charge in [0.25, 0.3) is 0 Å². The second-order valence-corrected chi connectivity index (χ2v) is 3.16. The summed E-state index contributed by atoms with van der Waals surface area (Å²) in [7, 11) is 0. The Morgan fingerprint density at radius 3 is 2.53 bits per heavy atom. The van der Waals surface area contributed by atoms with Gasteiger partial charge in [0.2, 0.25) is 0 Å². The van der Waals surface area contributed by atoms with Crippen LogP contribution in [0, 0.1) is 6.92 Å². The van der Waals surface area contributed by atoms with E-state index in [4.69, 9.17) is 5.73 Å². The van der Waals surface area contributed by atoms with Crippen molar-refractivity contribution in [1.82, 2.24) is 0 Å². The lowest BCUT2D eigenvalue weighted by Gasteiger charge is -2.11. The number of hydrogen-bond acceptors (Lipinski definition) is 1. The maximum absolute atomic E-state index is 12.5. The van der Waals surface area contributed by atoms with Gasteiger partial charge in [-0.3, -0.25) is 0 Å². The van der Waals surface area contributed by atoms with Crippen LogP contribution in [-0.2, 0) is 6.18 Å². The molecule has 4 heteroatoms. The summed E-state index contributed by atoms with van der Waals surface area (Å²) in [6.07, 6.45) is -1.07. The van der Waals surface area contributed by atoms with Crippen molar-refractivity contribution in [2.24, 2.45) is 5.73 Å². The van der Waals surface area contributed by atoms with E-state index in [-0.39, 0.29) is 5.56 Å². The predicted octanol–water partition coefficient (Wildman–Crippen LogP) is 2.99. The largest absolute Gasteiger partial charge is 0.416 e. The molecule has 1 aromatic carbocycles. The maximum atomic E-state index is 12.5. The first-order valence-electron chi connectivity index (χ1n) is 4.50. The Kier molecular flexibility index (Phi) is 3.52. The normalized spacial score (nSPS) is 12.3. The number of nitrogens with two attached hydrogens (primary N) is 1. The van der Waals surface area contributed by atoms with E-state index in [1.54, 1.807) is 18.2 Å². The lowest BCUT2D eigenvalue weighted by Crippen LogP contribution is -2.08. The zero-order valence-electron chi connectivity index (χ0n) is 8.31. The van der Waals surface area contributed by atoms with Gasteiger partial charge < -0.3 is 5.73 Å². The zero-order chi connectivity index (χ0) is 11.5. The fraction of sp³-hybridized carbons (Fsp3) is 0.273. The van der Waals surface area contributed by atoms with Gasteiger partial charge in [-0.05, 0) is 24.1 Å². The van der Waals surface area contributed by atoms with Crippen molar-refractivity contribution < 1.29 is 13.2 Å². The minimum atomic E-state index is -4.29. The number of halogens is 3. The van der Waals surface area contributed by atoms with Gasteiger partial charge in [-0.15, -0.1) is 0 Å². The highest BCUT2D eigenvalue weighted by Crippen LogP contribution is 2.33. The molecule has 0 aliphatic rings. The summed E-state index contributed by atoms with van der Waals surface area (Å²) in [5, 5.41) is 0. The maximum Gasteiger partial charge on any atom is 0.416 e. The van der Waals surface area contributed by atoms with E-state index in [0.717, 1.165) is 6.07 Å². The summed E-state index contributed by atoms with van der Waals surface area (Å²) in [4.78, 5) is 0. The molecular weight excluding hydrogens is 203 g/mol. The van der Waals surface area contributed by atoms with Crippen molar-refractivity contribution in [3.63, 3.8) is 0 Å². The first-order chi connectivity index (χ1) is 6.96. The Morgan fingerprint density at radius 1 is 1.33 bits per heavy atom. The predicted molar refractivity (Wildman–Crippen MR) is 54.3 cm³/mol. The number of hydrogen-bond donors (Lipinski definition) is 1. The Labute approximate surface area is 86.4 Å². The van der Waals surface area contributed by atoms with Crippen molar-refractivity contribution in [3.05, 3.63) is 41.0 Å². The molecule has 0 heterocycles. The summed E-state index contributed by atoms with van der Waals surface area (Å²) in [6, 6.07) is 4.11. The van der Waals surface area contributed by atoms with E-state index in [2.05, 4.69) is 0 Å². The minimum absolute atomic E-state index is 0.231. The fourth-order valence-electron chi connectivity index (χ4n) is 1.34. The first-order valence-corrected chi connectivity index (χ1v) is 4.50. The third-order valence-corrected chi connectivity index (χ3v) is 2.11. The lowest BCUT2D eigenvalue weighted by atomic mass is 10.0. The number of benzene rings is 1. The van der Waals surface area contributed by atoms with Gasteiger partial charge in [-0.1, -0.05) is 24.3 Å². The molecule has 0 spiro atoms. The van der Waals surface area contributed by atoms with Crippen LogP contribution in [0.25, 0.3) is 6.08 Å². The first kappa shape index (κ1) is 11.8. The topological polar surface area (TPSA) is 26.0 Å². The standard InChI is InChI=1S/C11H12F3N/c1-8-9(5-3-7-15)4-2-6-10(8)11(12,13)14/h2-6H,7,15H2,1H3. The smallest absolute Gasteiger partial charge is 0.327 e. The van der Waals surface area contributed by atoms with Gasteiger partial charge in [0, 0.05) is 6.54 Å². The van der Waals surface area contributed by atoms with Crippen LogP contribution >= 0.6 is 0 Å². The molecule has 82 valence electrons.